The first kappa shape index (κ1) is 17.2. The van der Waals surface area contributed by atoms with E-state index in [1.54, 1.807) is 31.6 Å². The minimum absolute atomic E-state index is 0.102. The van der Waals surface area contributed by atoms with Crippen LogP contribution < -0.4 is 10.6 Å². The van der Waals surface area contributed by atoms with Crippen LogP contribution in [0.1, 0.15) is 30.2 Å². The van der Waals surface area contributed by atoms with Crippen molar-refractivity contribution in [2.75, 3.05) is 13.7 Å². The van der Waals surface area contributed by atoms with Crippen molar-refractivity contribution in [1.29, 1.82) is 0 Å². The number of benzene rings is 1. The van der Waals surface area contributed by atoms with Crippen molar-refractivity contribution in [3.05, 3.63) is 64.9 Å². The lowest BCUT2D eigenvalue weighted by molar-refractivity contribution is 0.104. The van der Waals surface area contributed by atoms with E-state index in [-0.39, 0.29) is 18.2 Å². The van der Waals surface area contributed by atoms with Crippen LogP contribution >= 0.6 is 11.6 Å². The molecule has 0 aliphatic heterocycles. The van der Waals surface area contributed by atoms with Gasteiger partial charge in [-0.15, -0.1) is 0 Å². The zero-order valence-electron chi connectivity index (χ0n) is 13.1. The minimum atomic E-state index is -0.245. The third-order valence-electron chi connectivity index (χ3n) is 3.53. The molecular formula is C17H20ClN3O2. The molecule has 1 aromatic carbocycles. The fourth-order valence-electron chi connectivity index (χ4n) is 2.18. The normalized spacial score (nSPS) is 13.2. The van der Waals surface area contributed by atoms with Crippen molar-refractivity contribution < 1.29 is 9.53 Å². The van der Waals surface area contributed by atoms with Crippen LogP contribution in [0.4, 0.5) is 4.79 Å². The predicted molar refractivity (Wildman–Crippen MR) is 90.4 cm³/mol. The van der Waals surface area contributed by atoms with Crippen LogP contribution in [0.25, 0.3) is 0 Å². The molecule has 0 aliphatic rings. The second-order valence-corrected chi connectivity index (χ2v) is 5.57. The van der Waals surface area contributed by atoms with Gasteiger partial charge in [0.05, 0.1) is 12.1 Å². The van der Waals surface area contributed by atoms with E-state index in [2.05, 4.69) is 15.6 Å². The lowest BCUT2D eigenvalue weighted by Gasteiger charge is -2.19. The van der Waals surface area contributed by atoms with Crippen LogP contribution in [0.5, 0.6) is 0 Å². The van der Waals surface area contributed by atoms with Crippen LogP contribution in [-0.2, 0) is 4.74 Å². The molecule has 122 valence electrons. The van der Waals surface area contributed by atoms with E-state index >= 15 is 0 Å². The molecule has 2 amide bonds. The quantitative estimate of drug-likeness (QED) is 0.850. The Hall–Kier alpha value is -2.11. The Bertz CT molecular complexity index is 619. The van der Waals surface area contributed by atoms with Gasteiger partial charge in [-0.2, -0.15) is 0 Å². The van der Waals surface area contributed by atoms with E-state index in [0.717, 1.165) is 11.1 Å². The molecule has 2 atom stereocenters. The summed E-state index contributed by atoms with van der Waals surface area (Å²) >= 11 is 5.88. The molecule has 2 aromatic rings. The molecule has 0 saturated heterocycles. The highest BCUT2D eigenvalue weighted by Crippen LogP contribution is 2.18. The number of hydrogen-bond acceptors (Lipinski definition) is 3. The molecule has 0 fully saturated rings. The molecular weight excluding hydrogens is 314 g/mol. The van der Waals surface area contributed by atoms with E-state index in [1.807, 2.05) is 31.2 Å². The Morgan fingerprint density at radius 1 is 1.17 bits per heavy atom. The highest BCUT2D eigenvalue weighted by atomic mass is 35.5. The van der Waals surface area contributed by atoms with E-state index in [1.165, 1.54) is 0 Å². The van der Waals surface area contributed by atoms with Gasteiger partial charge < -0.3 is 15.4 Å². The first-order chi connectivity index (χ1) is 11.1. The highest BCUT2D eigenvalue weighted by Gasteiger charge is 2.13. The Balaban J connectivity index is 1.86. The number of nitrogens with one attached hydrogen (secondary N) is 2. The second-order valence-electron chi connectivity index (χ2n) is 5.13. The molecule has 6 heteroatoms. The highest BCUT2D eigenvalue weighted by molar-refractivity contribution is 6.30. The van der Waals surface area contributed by atoms with Gasteiger partial charge >= 0.3 is 6.03 Å². The van der Waals surface area contributed by atoms with Gasteiger partial charge in [0, 0.05) is 31.1 Å². The van der Waals surface area contributed by atoms with Gasteiger partial charge in [-0.1, -0.05) is 23.7 Å². The number of nitrogens with zero attached hydrogens (tertiary/aromatic N) is 1. The summed E-state index contributed by atoms with van der Waals surface area (Å²) in [6.07, 6.45) is 3.18. The van der Waals surface area contributed by atoms with Crippen LogP contribution in [-0.4, -0.2) is 24.7 Å². The summed E-state index contributed by atoms with van der Waals surface area (Å²) in [7, 11) is 1.61. The summed E-state index contributed by atoms with van der Waals surface area (Å²) in [4.78, 5) is 16.0. The Labute approximate surface area is 141 Å². The van der Waals surface area contributed by atoms with Gasteiger partial charge in [-0.05, 0) is 42.3 Å². The maximum absolute atomic E-state index is 12.0. The van der Waals surface area contributed by atoms with Gasteiger partial charge in [0.1, 0.15) is 0 Å². The number of carbonyl (C=O) groups is 1. The zero-order valence-corrected chi connectivity index (χ0v) is 13.9. The summed E-state index contributed by atoms with van der Waals surface area (Å²) in [5, 5.41) is 6.37. The van der Waals surface area contributed by atoms with Gasteiger partial charge in [0.25, 0.3) is 0 Å². The number of ether oxygens (including phenoxy) is 1. The minimum Gasteiger partial charge on any atom is -0.375 e. The van der Waals surface area contributed by atoms with Crippen molar-refractivity contribution in [1.82, 2.24) is 15.6 Å². The number of halogens is 1. The number of methoxy groups -OCH3 is 1. The smallest absolute Gasteiger partial charge is 0.315 e. The average Bonchev–Trinajstić information content (AvgIpc) is 2.57. The Morgan fingerprint density at radius 3 is 2.43 bits per heavy atom. The predicted octanol–water partition coefficient (Wildman–Crippen LogP) is 3.48. The van der Waals surface area contributed by atoms with Crippen molar-refractivity contribution in [2.24, 2.45) is 0 Å². The molecule has 0 aliphatic carbocycles. The summed E-state index contributed by atoms with van der Waals surface area (Å²) < 4.78 is 5.42. The van der Waals surface area contributed by atoms with E-state index < -0.39 is 0 Å². The molecule has 0 saturated carbocycles. The van der Waals surface area contributed by atoms with E-state index in [4.69, 9.17) is 16.3 Å². The van der Waals surface area contributed by atoms with Gasteiger partial charge in [-0.25, -0.2) is 4.79 Å². The number of amides is 2. The van der Waals surface area contributed by atoms with Crippen LogP contribution in [0.3, 0.4) is 0 Å². The molecule has 2 rings (SSSR count). The fourth-order valence-corrected chi connectivity index (χ4v) is 2.31. The first-order valence-electron chi connectivity index (χ1n) is 7.32. The van der Waals surface area contributed by atoms with Crippen molar-refractivity contribution in [3.63, 3.8) is 0 Å². The Morgan fingerprint density at radius 2 is 1.83 bits per heavy atom. The number of pyridine rings is 1. The third-order valence-corrected chi connectivity index (χ3v) is 3.78. The zero-order chi connectivity index (χ0) is 16.7. The molecule has 0 unspecified atom stereocenters. The van der Waals surface area contributed by atoms with Gasteiger partial charge in [0.2, 0.25) is 0 Å². The number of aromatic nitrogens is 1. The van der Waals surface area contributed by atoms with Crippen molar-refractivity contribution in [3.8, 4) is 0 Å². The summed E-state index contributed by atoms with van der Waals surface area (Å²) in [5.41, 5.74) is 1.95. The lowest BCUT2D eigenvalue weighted by atomic mass is 10.1. The summed E-state index contributed by atoms with van der Waals surface area (Å²) in [5.74, 6) is 0. The topological polar surface area (TPSA) is 63.2 Å². The molecule has 2 N–H and O–H groups in total. The summed E-state index contributed by atoms with van der Waals surface area (Å²) in [6, 6.07) is 10.8. The fraction of sp³-hybridized carbons (Fsp3) is 0.294. The lowest BCUT2D eigenvalue weighted by Crippen LogP contribution is -2.39. The Kier molecular flexibility index (Phi) is 6.38. The number of urea groups is 1. The molecule has 1 heterocycles. The molecule has 1 aromatic heterocycles. The summed E-state index contributed by atoms with van der Waals surface area (Å²) in [6.45, 7) is 2.29. The molecule has 0 radical (unpaired) electrons. The standard InChI is InChI=1S/C17H20ClN3O2/c1-12(13-7-9-19-10-8-13)21-17(22)20-11-16(23-2)14-3-5-15(18)6-4-14/h3-10,12,16H,11H2,1-2H3,(H2,20,21,22)/t12-,16+/m1/s1. The maximum atomic E-state index is 12.0. The van der Waals surface area contributed by atoms with Crippen molar-refractivity contribution in [2.45, 2.75) is 19.1 Å². The van der Waals surface area contributed by atoms with E-state index in [0.29, 0.717) is 11.6 Å². The molecule has 0 spiro atoms. The molecule has 23 heavy (non-hydrogen) atoms. The van der Waals surface area contributed by atoms with E-state index in [9.17, 15) is 4.79 Å². The average molecular weight is 334 g/mol. The maximum Gasteiger partial charge on any atom is 0.315 e. The number of rotatable bonds is 6. The van der Waals surface area contributed by atoms with Gasteiger partial charge in [-0.3, -0.25) is 4.98 Å². The van der Waals surface area contributed by atoms with Crippen LogP contribution in [0, 0.1) is 0 Å². The largest absolute Gasteiger partial charge is 0.375 e. The van der Waals surface area contributed by atoms with Crippen molar-refractivity contribution >= 4 is 17.6 Å². The molecule has 5 nitrogen and oxygen atoms in total. The van der Waals surface area contributed by atoms with Crippen LogP contribution in [0.15, 0.2) is 48.8 Å². The van der Waals surface area contributed by atoms with Gasteiger partial charge in [0.15, 0.2) is 0 Å². The first-order valence-corrected chi connectivity index (χ1v) is 7.70. The third kappa shape index (κ3) is 5.23. The SMILES string of the molecule is CO[C@@H](CNC(=O)N[C@H](C)c1ccncc1)c1ccc(Cl)cc1. The molecule has 0 bridgehead atoms. The number of hydrogen-bond donors (Lipinski definition) is 2. The number of carbonyl (C=O) groups excluding carboxylic acids is 1. The second kappa shape index (κ2) is 8.50. The van der Waals surface area contributed by atoms with Crippen LogP contribution in [0.2, 0.25) is 5.02 Å². The monoisotopic (exact) mass is 333 g/mol.